The third-order valence-electron chi connectivity index (χ3n) is 3.23. The monoisotopic (exact) mass is 318 g/mol. The molecule has 1 atom stereocenters. The lowest BCUT2D eigenvalue weighted by Gasteiger charge is -2.13. The Hall–Kier alpha value is -1.95. The summed E-state index contributed by atoms with van der Waals surface area (Å²) in [6.45, 7) is 4.07. The van der Waals surface area contributed by atoms with Crippen molar-refractivity contribution < 1.29 is 4.79 Å². The van der Waals surface area contributed by atoms with Crippen LogP contribution in [-0.2, 0) is 12.8 Å². The maximum atomic E-state index is 12.1. The van der Waals surface area contributed by atoms with E-state index >= 15 is 0 Å². The molecule has 2 rings (SSSR count). The Morgan fingerprint density at radius 3 is 2.95 bits per heavy atom. The Balaban J connectivity index is 1.91. The van der Waals surface area contributed by atoms with Crippen LogP contribution in [0.1, 0.15) is 31.0 Å². The zero-order valence-corrected chi connectivity index (χ0v) is 14.0. The number of aryl methyl sites for hydroxylation is 1. The number of amides is 2. The fourth-order valence-corrected chi connectivity index (χ4v) is 2.69. The Morgan fingerprint density at radius 1 is 1.45 bits per heavy atom. The fourth-order valence-electron chi connectivity index (χ4n) is 2.07. The number of nitrogens with zero attached hydrogens (tertiary/aromatic N) is 2. The predicted octanol–water partition coefficient (Wildman–Crippen LogP) is 3.56. The van der Waals surface area contributed by atoms with Crippen LogP contribution >= 0.6 is 11.8 Å². The van der Waals surface area contributed by atoms with Gasteiger partial charge in [0, 0.05) is 30.2 Å². The second-order valence-corrected chi connectivity index (χ2v) is 6.38. The first-order valence-corrected chi connectivity index (χ1v) is 8.46. The van der Waals surface area contributed by atoms with Gasteiger partial charge in [0.15, 0.2) is 0 Å². The van der Waals surface area contributed by atoms with Gasteiger partial charge in [-0.15, -0.1) is 0 Å². The van der Waals surface area contributed by atoms with Gasteiger partial charge in [0.1, 0.15) is 0 Å². The van der Waals surface area contributed by atoms with Gasteiger partial charge in [0.05, 0.1) is 12.2 Å². The Morgan fingerprint density at radius 2 is 2.27 bits per heavy atom. The van der Waals surface area contributed by atoms with Crippen LogP contribution in [0.5, 0.6) is 0 Å². The maximum absolute atomic E-state index is 12.1. The Labute approximate surface area is 135 Å². The van der Waals surface area contributed by atoms with Crippen molar-refractivity contribution in [3.63, 3.8) is 0 Å². The molecule has 2 aromatic rings. The molecule has 0 fully saturated rings. The summed E-state index contributed by atoms with van der Waals surface area (Å²) >= 11 is 1.86. The van der Waals surface area contributed by atoms with Crippen LogP contribution in [0.4, 0.5) is 10.5 Å². The number of aromatic nitrogens is 2. The van der Waals surface area contributed by atoms with Crippen molar-refractivity contribution in [3.8, 4) is 0 Å². The first-order chi connectivity index (χ1) is 10.6. The van der Waals surface area contributed by atoms with Crippen LogP contribution < -0.4 is 10.6 Å². The molecule has 6 heteroatoms. The van der Waals surface area contributed by atoms with E-state index in [-0.39, 0.29) is 12.1 Å². The molecule has 1 heterocycles. The van der Waals surface area contributed by atoms with Gasteiger partial charge < -0.3 is 10.6 Å². The minimum absolute atomic E-state index is 0.0903. The van der Waals surface area contributed by atoms with E-state index in [1.807, 2.05) is 50.1 Å². The van der Waals surface area contributed by atoms with Gasteiger partial charge >= 0.3 is 6.03 Å². The molecule has 0 saturated carbocycles. The number of carbonyl (C=O) groups excluding carboxylic acids is 1. The number of anilines is 1. The van der Waals surface area contributed by atoms with Crippen LogP contribution in [0.15, 0.2) is 36.7 Å². The zero-order chi connectivity index (χ0) is 15.9. The molecule has 1 aromatic heterocycles. The van der Waals surface area contributed by atoms with Crippen LogP contribution in [0.3, 0.4) is 0 Å². The van der Waals surface area contributed by atoms with Crippen LogP contribution in [0, 0.1) is 0 Å². The van der Waals surface area contributed by atoms with Crippen molar-refractivity contribution in [2.24, 2.45) is 7.05 Å². The van der Waals surface area contributed by atoms with E-state index in [2.05, 4.69) is 28.7 Å². The topological polar surface area (TPSA) is 59.0 Å². The van der Waals surface area contributed by atoms with E-state index < -0.39 is 0 Å². The van der Waals surface area contributed by atoms with Crippen LogP contribution in [-0.4, -0.2) is 21.6 Å². The fraction of sp³-hybridized carbons (Fsp3) is 0.375. The minimum Gasteiger partial charge on any atom is -0.331 e. The van der Waals surface area contributed by atoms with Crippen LogP contribution in [0.25, 0.3) is 0 Å². The number of hydrogen-bond acceptors (Lipinski definition) is 3. The SMILES string of the molecule is CCSCc1cccc(NC(=O)N[C@@H](C)c2cnn(C)c2)c1. The molecule has 2 amide bonds. The first-order valence-electron chi connectivity index (χ1n) is 7.31. The quantitative estimate of drug-likeness (QED) is 0.856. The van der Waals surface area contributed by atoms with E-state index in [0.717, 1.165) is 22.8 Å². The van der Waals surface area contributed by atoms with Crippen LogP contribution in [0.2, 0.25) is 0 Å². The smallest absolute Gasteiger partial charge is 0.319 e. The van der Waals surface area contributed by atoms with Gasteiger partial charge in [-0.25, -0.2) is 4.79 Å². The summed E-state index contributed by atoms with van der Waals surface area (Å²) in [7, 11) is 1.86. The summed E-state index contributed by atoms with van der Waals surface area (Å²) in [5.41, 5.74) is 3.00. The molecule has 0 spiro atoms. The van der Waals surface area contributed by atoms with E-state index in [9.17, 15) is 4.79 Å². The molecule has 0 bridgehead atoms. The van der Waals surface area contributed by atoms with Gasteiger partial charge in [-0.2, -0.15) is 16.9 Å². The number of urea groups is 1. The van der Waals surface area contributed by atoms with Crippen molar-refractivity contribution in [1.29, 1.82) is 0 Å². The summed E-state index contributed by atoms with van der Waals surface area (Å²) in [6.07, 6.45) is 3.65. The largest absolute Gasteiger partial charge is 0.331 e. The van der Waals surface area contributed by atoms with Crippen molar-refractivity contribution in [3.05, 3.63) is 47.8 Å². The first kappa shape index (κ1) is 16.4. The number of nitrogens with one attached hydrogen (secondary N) is 2. The second-order valence-electron chi connectivity index (χ2n) is 5.11. The molecule has 0 unspecified atom stereocenters. The van der Waals surface area contributed by atoms with Gasteiger partial charge in [-0.05, 0) is 30.4 Å². The van der Waals surface area contributed by atoms with Crippen molar-refractivity contribution in [2.75, 3.05) is 11.1 Å². The Bertz CT molecular complexity index is 626. The molecule has 0 aliphatic rings. The second kappa shape index (κ2) is 7.89. The maximum Gasteiger partial charge on any atom is 0.319 e. The molecule has 0 radical (unpaired) electrons. The standard InChI is InChI=1S/C16H22N4OS/c1-4-22-11-13-6-5-7-15(8-13)19-16(21)18-12(2)14-9-17-20(3)10-14/h5-10,12H,4,11H2,1-3H3,(H2,18,19,21)/t12-/m0/s1. The van der Waals surface area contributed by atoms with Crippen molar-refractivity contribution in [1.82, 2.24) is 15.1 Å². The lowest BCUT2D eigenvalue weighted by atomic mass is 10.2. The molecule has 0 aliphatic heterocycles. The molecular weight excluding hydrogens is 296 g/mol. The number of carbonyl (C=O) groups is 1. The number of hydrogen-bond donors (Lipinski definition) is 2. The lowest BCUT2D eigenvalue weighted by Crippen LogP contribution is -2.31. The third-order valence-corrected chi connectivity index (χ3v) is 4.18. The normalized spacial score (nSPS) is 12.0. The molecule has 0 saturated heterocycles. The average Bonchev–Trinajstić information content (AvgIpc) is 2.92. The highest BCUT2D eigenvalue weighted by atomic mass is 32.2. The highest BCUT2D eigenvalue weighted by Crippen LogP contribution is 2.17. The van der Waals surface area contributed by atoms with E-state index in [0.29, 0.717) is 0 Å². The summed E-state index contributed by atoms with van der Waals surface area (Å²) in [5.74, 6) is 2.04. The van der Waals surface area contributed by atoms with E-state index in [4.69, 9.17) is 0 Å². The molecular formula is C16H22N4OS. The summed E-state index contributed by atoms with van der Waals surface area (Å²) < 4.78 is 1.72. The molecule has 0 aliphatic carbocycles. The number of rotatable bonds is 6. The van der Waals surface area contributed by atoms with E-state index in [1.54, 1.807) is 10.9 Å². The lowest BCUT2D eigenvalue weighted by molar-refractivity contribution is 0.249. The summed E-state index contributed by atoms with van der Waals surface area (Å²) in [5, 5.41) is 9.90. The summed E-state index contributed by atoms with van der Waals surface area (Å²) in [4.78, 5) is 12.1. The highest BCUT2D eigenvalue weighted by molar-refractivity contribution is 7.98. The molecule has 2 N–H and O–H groups in total. The predicted molar refractivity (Wildman–Crippen MR) is 92.1 cm³/mol. The van der Waals surface area contributed by atoms with E-state index in [1.165, 1.54) is 5.56 Å². The molecule has 1 aromatic carbocycles. The number of thioether (sulfide) groups is 1. The zero-order valence-electron chi connectivity index (χ0n) is 13.2. The van der Waals surface area contributed by atoms with Gasteiger partial charge in [-0.1, -0.05) is 19.1 Å². The van der Waals surface area contributed by atoms with Crippen molar-refractivity contribution >= 4 is 23.5 Å². The number of benzene rings is 1. The molecule has 5 nitrogen and oxygen atoms in total. The minimum atomic E-state index is -0.211. The Kier molecular flexibility index (Phi) is 5.89. The average molecular weight is 318 g/mol. The molecule has 22 heavy (non-hydrogen) atoms. The third kappa shape index (κ3) is 4.80. The van der Waals surface area contributed by atoms with Gasteiger partial charge in [-0.3, -0.25) is 4.68 Å². The van der Waals surface area contributed by atoms with Gasteiger partial charge in [0.25, 0.3) is 0 Å². The van der Waals surface area contributed by atoms with Gasteiger partial charge in [0.2, 0.25) is 0 Å². The molecule has 118 valence electrons. The summed E-state index contributed by atoms with van der Waals surface area (Å²) in [6, 6.07) is 7.64. The van der Waals surface area contributed by atoms with Crippen molar-refractivity contribution in [2.45, 2.75) is 25.6 Å². The highest BCUT2D eigenvalue weighted by Gasteiger charge is 2.11.